The molecule has 0 aliphatic rings. The summed E-state index contributed by atoms with van der Waals surface area (Å²) in [6.07, 6.45) is 1.50. The van der Waals surface area contributed by atoms with Gasteiger partial charge in [0.25, 0.3) is 0 Å². The van der Waals surface area contributed by atoms with Gasteiger partial charge in [-0.25, -0.2) is 4.98 Å². The van der Waals surface area contributed by atoms with Gasteiger partial charge in [0.2, 0.25) is 17.7 Å². The van der Waals surface area contributed by atoms with Crippen LogP contribution in [0.2, 0.25) is 0 Å². The highest BCUT2D eigenvalue weighted by Gasteiger charge is 2.17. The van der Waals surface area contributed by atoms with Crippen LogP contribution in [0.1, 0.15) is 21.7 Å². The highest BCUT2D eigenvalue weighted by Crippen LogP contribution is 2.30. The van der Waals surface area contributed by atoms with Crippen molar-refractivity contribution in [2.45, 2.75) is 13.5 Å². The molecule has 0 saturated carbocycles. The number of amides is 1. The molecule has 27 heavy (non-hydrogen) atoms. The van der Waals surface area contributed by atoms with Crippen LogP contribution < -0.4 is 11.1 Å². The first-order valence-electron chi connectivity index (χ1n) is 8.42. The molecular weight excluding hydrogens is 342 g/mol. The van der Waals surface area contributed by atoms with E-state index in [4.69, 9.17) is 10.2 Å². The molecule has 1 amide bonds. The van der Waals surface area contributed by atoms with Gasteiger partial charge >= 0.3 is 0 Å². The van der Waals surface area contributed by atoms with E-state index in [1.807, 2.05) is 36.4 Å². The van der Waals surface area contributed by atoms with Gasteiger partial charge < -0.3 is 15.5 Å². The van der Waals surface area contributed by atoms with E-state index >= 15 is 0 Å². The van der Waals surface area contributed by atoms with Crippen molar-refractivity contribution in [2.24, 2.45) is 5.73 Å². The van der Waals surface area contributed by atoms with Crippen LogP contribution in [0.15, 0.2) is 59.2 Å². The molecule has 7 nitrogen and oxygen atoms in total. The van der Waals surface area contributed by atoms with E-state index in [1.165, 1.54) is 6.26 Å². The summed E-state index contributed by atoms with van der Waals surface area (Å²) < 4.78 is 5.68. The predicted molar refractivity (Wildman–Crippen MR) is 102 cm³/mol. The SMILES string of the molecule is Cc1nc(NCc2ccccc2)nc(-c2occ3c(C(N)=O)cccc23)n1. The Labute approximate surface area is 155 Å². The molecule has 0 saturated heterocycles. The molecular formula is C20H17N5O2. The van der Waals surface area contributed by atoms with E-state index in [9.17, 15) is 4.79 Å². The summed E-state index contributed by atoms with van der Waals surface area (Å²) in [5.74, 6) is 1.38. The molecule has 134 valence electrons. The lowest BCUT2D eigenvalue weighted by molar-refractivity contribution is 0.100. The number of nitrogens with zero attached hydrogens (tertiary/aromatic N) is 3. The minimum atomic E-state index is -0.509. The summed E-state index contributed by atoms with van der Waals surface area (Å²) in [5, 5.41) is 4.57. The fourth-order valence-corrected chi connectivity index (χ4v) is 2.90. The number of hydrogen-bond acceptors (Lipinski definition) is 6. The maximum atomic E-state index is 11.6. The third-order valence-corrected chi connectivity index (χ3v) is 4.15. The second-order valence-corrected chi connectivity index (χ2v) is 6.06. The van der Waals surface area contributed by atoms with Crippen molar-refractivity contribution in [3.8, 4) is 11.6 Å². The lowest BCUT2D eigenvalue weighted by Gasteiger charge is -2.07. The number of benzene rings is 2. The lowest BCUT2D eigenvalue weighted by atomic mass is 10.1. The number of anilines is 1. The van der Waals surface area contributed by atoms with Crippen LogP contribution in [-0.2, 0) is 6.54 Å². The lowest BCUT2D eigenvalue weighted by Crippen LogP contribution is -2.10. The zero-order chi connectivity index (χ0) is 18.8. The van der Waals surface area contributed by atoms with Gasteiger partial charge in [-0.1, -0.05) is 42.5 Å². The van der Waals surface area contributed by atoms with Crippen molar-refractivity contribution in [2.75, 3.05) is 5.32 Å². The van der Waals surface area contributed by atoms with Gasteiger partial charge in [-0.2, -0.15) is 9.97 Å². The third kappa shape index (κ3) is 3.35. The minimum absolute atomic E-state index is 0.398. The Morgan fingerprint density at radius 1 is 1.04 bits per heavy atom. The van der Waals surface area contributed by atoms with E-state index in [-0.39, 0.29) is 0 Å². The zero-order valence-electron chi connectivity index (χ0n) is 14.6. The Morgan fingerprint density at radius 3 is 2.63 bits per heavy atom. The van der Waals surface area contributed by atoms with Crippen molar-refractivity contribution >= 4 is 22.6 Å². The van der Waals surface area contributed by atoms with Crippen molar-refractivity contribution in [3.05, 3.63) is 71.7 Å². The molecule has 4 rings (SSSR count). The normalized spacial score (nSPS) is 10.9. The Balaban J connectivity index is 1.70. The van der Waals surface area contributed by atoms with Gasteiger partial charge in [0.05, 0.1) is 5.56 Å². The van der Waals surface area contributed by atoms with Gasteiger partial charge in [-0.3, -0.25) is 4.79 Å². The van der Waals surface area contributed by atoms with Gasteiger partial charge in [0.15, 0.2) is 5.76 Å². The summed E-state index contributed by atoms with van der Waals surface area (Å²) in [6, 6.07) is 15.2. The maximum absolute atomic E-state index is 11.6. The molecule has 0 fully saturated rings. The fourth-order valence-electron chi connectivity index (χ4n) is 2.90. The molecule has 0 aliphatic carbocycles. The first-order valence-corrected chi connectivity index (χ1v) is 8.42. The van der Waals surface area contributed by atoms with E-state index in [0.29, 0.717) is 40.9 Å². The summed E-state index contributed by atoms with van der Waals surface area (Å²) in [4.78, 5) is 24.8. The van der Waals surface area contributed by atoms with Crippen LogP contribution in [-0.4, -0.2) is 20.9 Å². The number of aromatic nitrogens is 3. The number of carbonyl (C=O) groups is 1. The monoisotopic (exact) mass is 359 g/mol. The number of primary amides is 1. The number of hydrogen-bond donors (Lipinski definition) is 2. The van der Waals surface area contributed by atoms with Gasteiger partial charge in [-0.15, -0.1) is 0 Å². The Bertz CT molecular complexity index is 1120. The fraction of sp³-hybridized carbons (Fsp3) is 0.100. The van der Waals surface area contributed by atoms with Crippen LogP contribution in [0.5, 0.6) is 0 Å². The summed E-state index contributed by atoms with van der Waals surface area (Å²) in [7, 11) is 0. The largest absolute Gasteiger partial charge is 0.460 e. The van der Waals surface area contributed by atoms with Crippen molar-refractivity contribution < 1.29 is 9.21 Å². The minimum Gasteiger partial charge on any atom is -0.460 e. The summed E-state index contributed by atoms with van der Waals surface area (Å²) in [5.41, 5.74) is 6.96. The zero-order valence-corrected chi connectivity index (χ0v) is 14.6. The van der Waals surface area contributed by atoms with E-state index in [1.54, 1.807) is 19.1 Å². The topological polar surface area (TPSA) is 107 Å². The Morgan fingerprint density at radius 2 is 1.85 bits per heavy atom. The molecule has 0 radical (unpaired) electrons. The van der Waals surface area contributed by atoms with Crippen molar-refractivity contribution in [1.29, 1.82) is 0 Å². The van der Waals surface area contributed by atoms with E-state index in [0.717, 1.165) is 10.9 Å². The summed E-state index contributed by atoms with van der Waals surface area (Å²) in [6.45, 7) is 2.38. The number of nitrogens with one attached hydrogen (secondary N) is 1. The van der Waals surface area contributed by atoms with Crippen LogP contribution in [0.25, 0.3) is 22.4 Å². The standard InChI is InChI=1S/C20H17N5O2/c1-12-23-19(25-20(24-12)22-10-13-6-3-2-4-7-13)17-14-8-5-9-15(18(21)26)16(14)11-27-17/h2-9,11H,10H2,1H3,(H2,21,26)(H,22,23,24,25). The smallest absolute Gasteiger partial charge is 0.249 e. The molecule has 0 unspecified atom stereocenters. The highest BCUT2D eigenvalue weighted by molar-refractivity contribution is 6.08. The van der Waals surface area contributed by atoms with Gasteiger partial charge in [0.1, 0.15) is 12.1 Å². The molecule has 2 heterocycles. The number of aryl methyl sites for hydroxylation is 1. The van der Waals surface area contributed by atoms with Gasteiger partial charge in [-0.05, 0) is 18.6 Å². The summed E-state index contributed by atoms with van der Waals surface area (Å²) >= 11 is 0. The first kappa shape index (κ1) is 16.7. The second-order valence-electron chi connectivity index (χ2n) is 6.06. The van der Waals surface area contributed by atoms with Crippen molar-refractivity contribution in [3.63, 3.8) is 0 Å². The van der Waals surface area contributed by atoms with Crippen LogP contribution in [0, 0.1) is 6.92 Å². The van der Waals surface area contributed by atoms with Crippen LogP contribution in [0.4, 0.5) is 5.95 Å². The Kier molecular flexibility index (Phi) is 4.25. The highest BCUT2D eigenvalue weighted by atomic mass is 16.3. The van der Waals surface area contributed by atoms with Crippen LogP contribution in [0.3, 0.4) is 0 Å². The predicted octanol–water partition coefficient (Wildman–Crippen LogP) is 3.30. The molecule has 7 heteroatoms. The van der Waals surface area contributed by atoms with E-state index < -0.39 is 5.91 Å². The number of carbonyl (C=O) groups excluding carboxylic acids is 1. The van der Waals surface area contributed by atoms with Gasteiger partial charge in [0, 0.05) is 17.3 Å². The molecule has 2 aromatic heterocycles. The first-order chi connectivity index (χ1) is 13.1. The number of fused-ring (bicyclic) bond motifs is 1. The van der Waals surface area contributed by atoms with Crippen molar-refractivity contribution in [1.82, 2.24) is 15.0 Å². The quantitative estimate of drug-likeness (QED) is 0.566. The Hall–Kier alpha value is -3.74. The molecule has 0 bridgehead atoms. The molecule has 0 atom stereocenters. The van der Waals surface area contributed by atoms with E-state index in [2.05, 4.69) is 20.3 Å². The van der Waals surface area contributed by atoms with Crippen LogP contribution >= 0.6 is 0 Å². The molecule has 0 aliphatic heterocycles. The molecule has 4 aromatic rings. The average Bonchev–Trinajstić information content (AvgIpc) is 3.11. The molecule has 0 spiro atoms. The maximum Gasteiger partial charge on any atom is 0.249 e. The number of furan rings is 1. The molecule has 2 aromatic carbocycles. The number of rotatable bonds is 5. The average molecular weight is 359 g/mol. The molecule has 3 N–H and O–H groups in total. The second kappa shape index (κ2) is 6.87. The number of nitrogens with two attached hydrogens (primary N) is 1. The third-order valence-electron chi connectivity index (χ3n) is 4.15.